The Hall–Kier alpha value is -4.78. The topological polar surface area (TPSA) is 131 Å². The molecule has 0 bridgehead atoms. The predicted molar refractivity (Wildman–Crippen MR) is 130 cm³/mol. The number of fused-ring (bicyclic) bond motifs is 1. The summed E-state index contributed by atoms with van der Waals surface area (Å²) in [6.45, 7) is 0. The predicted octanol–water partition coefficient (Wildman–Crippen LogP) is 5.36. The van der Waals surface area contributed by atoms with Gasteiger partial charge >= 0.3 is 0 Å². The summed E-state index contributed by atoms with van der Waals surface area (Å²) < 4.78 is 6.24. The summed E-state index contributed by atoms with van der Waals surface area (Å²) in [6.07, 6.45) is 2.94. The number of phenolic OH excluding ortho intramolecular Hbond substituents is 6. The quantitative estimate of drug-likeness (QED) is 0.175. The van der Waals surface area contributed by atoms with Crippen molar-refractivity contribution in [2.45, 2.75) is 12.0 Å². The highest BCUT2D eigenvalue weighted by molar-refractivity contribution is 5.75. The number of hydrogen-bond acceptors (Lipinski definition) is 7. The van der Waals surface area contributed by atoms with Gasteiger partial charge in [0.15, 0.2) is 11.5 Å². The monoisotopic (exact) mass is 470 g/mol. The lowest BCUT2D eigenvalue weighted by Crippen LogP contribution is -2.12. The molecule has 6 N–H and O–H groups in total. The molecule has 0 saturated carbocycles. The third kappa shape index (κ3) is 4.27. The van der Waals surface area contributed by atoms with Gasteiger partial charge in [-0.1, -0.05) is 30.4 Å². The Labute approximate surface area is 200 Å². The zero-order valence-electron chi connectivity index (χ0n) is 18.3. The van der Waals surface area contributed by atoms with Crippen LogP contribution in [0.2, 0.25) is 0 Å². The van der Waals surface area contributed by atoms with Gasteiger partial charge in [-0.05, 0) is 64.7 Å². The van der Waals surface area contributed by atoms with E-state index in [2.05, 4.69) is 0 Å². The number of benzene rings is 4. The summed E-state index contributed by atoms with van der Waals surface area (Å²) in [5, 5.41) is 60.2. The summed E-state index contributed by atoms with van der Waals surface area (Å²) in [5.41, 5.74) is 3.29. The average Bonchev–Trinajstić information content (AvgIpc) is 3.19. The second kappa shape index (κ2) is 8.53. The fourth-order valence-electron chi connectivity index (χ4n) is 4.45. The fourth-order valence-corrected chi connectivity index (χ4v) is 4.45. The maximum absolute atomic E-state index is 10.4. The maximum atomic E-state index is 10.4. The first-order valence-electron chi connectivity index (χ1n) is 10.8. The van der Waals surface area contributed by atoms with Crippen molar-refractivity contribution in [1.82, 2.24) is 0 Å². The van der Waals surface area contributed by atoms with E-state index in [1.54, 1.807) is 42.5 Å². The molecule has 1 aliphatic heterocycles. The van der Waals surface area contributed by atoms with Gasteiger partial charge < -0.3 is 35.4 Å². The number of hydrogen-bond donors (Lipinski definition) is 6. The van der Waals surface area contributed by atoms with Crippen LogP contribution < -0.4 is 4.74 Å². The Bertz CT molecular complexity index is 1420. The second-order valence-corrected chi connectivity index (χ2v) is 8.42. The van der Waals surface area contributed by atoms with Crippen molar-refractivity contribution >= 4 is 12.2 Å². The Balaban J connectivity index is 1.68. The van der Waals surface area contributed by atoms with E-state index in [9.17, 15) is 30.6 Å². The lowest BCUT2D eigenvalue weighted by Gasteiger charge is -2.21. The van der Waals surface area contributed by atoms with E-state index in [1.165, 1.54) is 36.4 Å². The summed E-state index contributed by atoms with van der Waals surface area (Å²) in [7, 11) is 0. The minimum atomic E-state index is -0.694. The van der Waals surface area contributed by atoms with Gasteiger partial charge in [0, 0.05) is 17.7 Å². The van der Waals surface area contributed by atoms with Crippen LogP contribution in [0.15, 0.2) is 72.8 Å². The fraction of sp³-hybridized carbons (Fsp3) is 0.0714. The Morgan fingerprint density at radius 1 is 0.571 bits per heavy atom. The molecule has 176 valence electrons. The molecule has 5 rings (SSSR count). The van der Waals surface area contributed by atoms with Crippen molar-refractivity contribution in [2.75, 3.05) is 0 Å². The van der Waals surface area contributed by atoms with Crippen molar-refractivity contribution in [1.29, 1.82) is 0 Å². The molecule has 4 aromatic carbocycles. The molecule has 0 amide bonds. The Kier molecular flexibility index (Phi) is 5.37. The van der Waals surface area contributed by atoms with E-state index >= 15 is 0 Å². The molecule has 0 radical (unpaired) electrons. The SMILES string of the molecule is Oc1ccc(/C=C/c2cc(O)cc3c2[C@H](c2cc(O)cc(O)c2)[C@@H](c2ccc(O)c(O)c2)O3)cc1. The second-order valence-electron chi connectivity index (χ2n) is 8.42. The summed E-state index contributed by atoms with van der Waals surface area (Å²) in [6, 6.07) is 18.4. The number of rotatable bonds is 4. The molecule has 0 fully saturated rings. The summed E-state index contributed by atoms with van der Waals surface area (Å²) >= 11 is 0. The van der Waals surface area contributed by atoms with Crippen LogP contribution in [0.5, 0.6) is 40.2 Å². The third-order valence-electron chi connectivity index (χ3n) is 5.99. The summed E-state index contributed by atoms with van der Waals surface area (Å²) in [4.78, 5) is 0. The van der Waals surface area contributed by atoms with E-state index in [-0.39, 0.29) is 34.5 Å². The van der Waals surface area contributed by atoms with Gasteiger partial charge in [0.05, 0.1) is 5.92 Å². The molecule has 0 spiro atoms. The van der Waals surface area contributed by atoms with Gasteiger partial charge in [-0.25, -0.2) is 0 Å². The smallest absolute Gasteiger partial charge is 0.157 e. The Morgan fingerprint density at radius 2 is 1.26 bits per heavy atom. The van der Waals surface area contributed by atoms with E-state index in [0.29, 0.717) is 28.0 Å². The van der Waals surface area contributed by atoms with Crippen LogP contribution in [0.3, 0.4) is 0 Å². The van der Waals surface area contributed by atoms with Crippen molar-refractivity contribution in [2.24, 2.45) is 0 Å². The van der Waals surface area contributed by atoms with E-state index in [1.807, 2.05) is 6.08 Å². The van der Waals surface area contributed by atoms with Crippen molar-refractivity contribution in [3.63, 3.8) is 0 Å². The minimum absolute atomic E-state index is 0.0131. The lowest BCUT2D eigenvalue weighted by atomic mass is 9.82. The summed E-state index contributed by atoms with van der Waals surface area (Å²) in [5.74, 6) is -0.826. The number of phenols is 6. The van der Waals surface area contributed by atoms with Crippen LogP contribution in [0.4, 0.5) is 0 Å². The van der Waals surface area contributed by atoms with Crippen LogP contribution >= 0.6 is 0 Å². The molecule has 7 nitrogen and oxygen atoms in total. The number of ether oxygens (including phenoxy) is 1. The lowest BCUT2D eigenvalue weighted by molar-refractivity contribution is 0.221. The Morgan fingerprint density at radius 3 is 1.94 bits per heavy atom. The molecule has 35 heavy (non-hydrogen) atoms. The molecule has 0 saturated heterocycles. The van der Waals surface area contributed by atoms with Crippen LogP contribution in [0.25, 0.3) is 12.2 Å². The first-order valence-corrected chi connectivity index (χ1v) is 10.8. The highest BCUT2D eigenvalue weighted by atomic mass is 16.5. The van der Waals surface area contributed by atoms with Gasteiger partial charge in [0.25, 0.3) is 0 Å². The molecule has 0 unspecified atom stereocenters. The minimum Gasteiger partial charge on any atom is -0.508 e. The molecule has 7 heteroatoms. The van der Waals surface area contributed by atoms with E-state index in [0.717, 1.165) is 5.56 Å². The molecular weight excluding hydrogens is 448 g/mol. The van der Waals surface area contributed by atoms with Gasteiger partial charge in [-0.2, -0.15) is 0 Å². The normalized spacial score (nSPS) is 16.8. The standard InChI is InChI=1S/C28H22O7/c29-19-6-2-15(3-7-19)1-4-16-9-22(32)14-25-26(16)27(18-10-20(30)13-21(31)11-18)28(35-25)17-5-8-23(33)24(34)12-17/h1-14,27-34H/b4-1+/t27-,28+/m0/s1. The van der Waals surface area contributed by atoms with E-state index in [4.69, 9.17) is 4.74 Å². The molecule has 1 aliphatic rings. The van der Waals surface area contributed by atoms with Crippen LogP contribution in [0, 0.1) is 0 Å². The molecule has 4 aromatic rings. The van der Waals surface area contributed by atoms with Crippen molar-refractivity contribution in [3.05, 3.63) is 101 Å². The maximum Gasteiger partial charge on any atom is 0.157 e. The highest BCUT2D eigenvalue weighted by Crippen LogP contribution is 2.53. The van der Waals surface area contributed by atoms with Gasteiger partial charge in [-0.15, -0.1) is 0 Å². The first kappa shape index (κ1) is 22.0. The first-order chi connectivity index (χ1) is 16.8. The molecule has 0 aromatic heterocycles. The van der Waals surface area contributed by atoms with Crippen LogP contribution in [0.1, 0.15) is 39.8 Å². The molecular formula is C28H22O7. The van der Waals surface area contributed by atoms with Crippen molar-refractivity contribution < 1.29 is 35.4 Å². The average molecular weight is 470 g/mol. The third-order valence-corrected chi connectivity index (χ3v) is 5.99. The zero-order chi connectivity index (χ0) is 24.7. The van der Waals surface area contributed by atoms with Gasteiger partial charge in [0.1, 0.15) is 34.9 Å². The molecule has 1 heterocycles. The number of aromatic hydroxyl groups is 6. The van der Waals surface area contributed by atoms with Crippen LogP contribution in [-0.4, -0.2) is 30.6 Å². The van der Waals surface area contributed by atoms with Crippen LogP contribution in [-0.2, 0) is 0 Å². The van der Waals surface area contributed by atoms with Gasteiger partial charge in [0.2, 0.25) is 0 Å². The molecule has 0 aliphatic carbocycles. The van der Waals surface area contributed by atoms with E-state index < -0.39 is 12.0 Å². The van der Waals surface area contributed by atoms with Gasteiger partial charge in [-0.3, -0.25) is 0 Å². The van der Waals surface area contributed by atoms with Crippen molar-refractivity contribution in [3.8, 4) is 40.2 Å². The largest absolute Gasteiger partial charge is 0.508 e. The highest BCUT2D eigenvalue weighted by Gasteiger charge is 2.39. The zero-order valence-corrected chi connectivity index (χ0v) is 18.3. The molecule has 2 atom stereocenters.